The number of carbonyl (C=O) groups excluding carboxylic acids is 1. The van der Waals surface area contributed by atoms with E-state index in [4.69, 9.17) is 0 Å². The van der Waals surface area contributed by atoms with Gasteiger partial charge in [0.2, 0.25) is 5.91 Å². The Hall–Kier alpha value is -0.180. The number of carbonyl (C=O) groups is 1. The van der Waals surface area contributed by atoms with Crippen molar-refractivity contribution < 1.29 is 4.79 Å². The Morgan fingerprint density at radius 3 is 3.11 bits per heavy atom. The molecule has 3 heteroatoms. The molecule has 0 aliphatic carbocycles. The second kappa shape index (κ2) is 3.11. The van der Waals surface area contributed by atoms with Gasteiger partial charge in [0.15, 0.2) is 0 Å². The molecule has 0 spiro atoms. The first-order valence-corrected chi connectivity index (χ1v) is 4.50. The molecule has 1 amide bonds. The highest BCUT2D eigenvalue weighted by atomic mass is 32.2. The van der Waals surface area contributed by atoms with E-state index in [1.165, 1.54) is 0 Å². The van der Waals surface area contributed by atoms with E-state index in [0.29, 0.717) is 6.04 Å². The third-order valence-corrected chi connectivity index (χ3v) is 2.19. The predicted octanol–water partition coefficient (Wildman–Crippen LogP) is 0.628. The van der Waals surface area contributed by atoms with Crippen LogP contribution in [0.5, 0.6) is 0 Å². The molecule has 9 heavy (non-hydrogen) atoms. The van der Waals surface area contributed by atoms with Gasteiger partial charge in [-0.2, -0.15) is 11.8 Å². The molecule has 1 aliphatic heterocycles. The first kappa shape index (κ1) is 6.93. The van der Waals surface area contributed by atoms with E-state index < -0.39 is 0 Å². The molecule has 1 heterocycles. The molecule has 1 atom stereocenters. The number of amides is 1. The van der Waals surface area contributed by atoms with Gasteiger partial charge in [-0.05, 0) is 12.7 Å². The van der Waals surface area contributed by atoms with Crippen molar-refractivity contribution in [1.29, 1.82) is 0 Å². The largest absolute Gasteiger partial charge is 0.353 e. The molecule has 0 radical (unpaired) electrons. The first-order chi connectivity index (χ1) is 4.33. The van der Waals surface area contributed by atoms with Crippen molar-refractivity contribution in [2.75, 3.05) is 12.0 Å². The van der Waals surface area contributed by atoms with Crippen LogP contribution in [0.3, 0.4) is 0 Å². The van der Waals surface area contributed by atoms with Crippen LogP contribution in [0.2, 0.25) is 0 Å². The lowest BCUT2D eigenvalue weighted by Crippen LogP contribution is -2.26. The van der Waals surface area contributed by atoms with Crippen LogP contribution in [0, 0.1) is 0 Å². The fourth-order valence-corrected chi connectivity index (χ4v) is 1.66. The summed E-state index contributed by atoms with van der Waals surface area (Å²) in [6.45, 7) is 0. The minimum atomic E-state index is 0.217. The third-order valence-electron chi connectivity index (χ3n) is 1.45. The summed E-state index contributed by atoms with van der Waals surface area (Å²) in [4.78, 5) is 10.6. The summed E-state index contributed by atoms with van der Waals surface area (Å²) in [6, 6.07) is 0.451. The quantitative estimate of drug-likeness (QED) is 0.617. The fraction of sp³-hybridized carbons (Fsp3) is 0.833. The zero-order valence-corrected chi connectivity index (χ0v) is 6.33. The van der Waals surface area contributed by atoms with E-state index in [1.807, 2.05) is 0 Å². The maximum absolute atomic E-state index is 10.6. The molecule has 1 aliphatic rings. The Morgan fingerprint density at radius 2 is 2.67 bits per heavy atom. The molecule has 0 aromatic heterocycles. The van der Waals surface area contributed by atoms with Gasteiger partial charge in [0, 0.05) is 18.2 Å². The highest BCUT2D eigenvalue weighted by Crippen LogP contribution is 2.09. The molecule has 1 saturated heterocycles. The number of thioether (sulfide) groups is 1. The van der Waals surface area contributed by atoms with E-state index in [9.17, 15) is 4.79 Å². The van der Waals surface area contributed by atoms with Crippen LogP contribution in [0.4, 0.5) is 0 Å². The lowest BCUT2D eigenvalue weighted by Gasteiger charge is -2.05. The third kappa shape index (κ3) is 1.90. The minimum absolute atomic E-state index is 0.217. The monoisotopic (exact) mass is 145 g/mol. The van der Waals surface area contributed by atoms with Gasteiger partial charge in [-0.1, -0.05) is 0 Å². The highest BCUT2D eigenvalue weighted by molar-refractivity contribution is 7.98. The van der Waals surface area contributed by atoms with Gasteiger partial charge >= 0.3 is 0 Å². The van der Waals surface area contributed by atoms with Gasteiger partial charge in [0.1, 0.15) is 0 Å². The summed E-state index contributed by atoms with van der Waals surface area (Å²) >= 11 is 1.79. The Kier molecular flexibility index (Phi) is 2.39. The van der Waals surface area contributed by atoms with Gasteiger partial charge in [-0.25, -0.2) is 0 Å². The zero-order valence-electron chi connectivity index (χ0n) is 5.52. The van der Waals surface area contributed by atoms with Gasteiger partial charge in [0.25, 0.3) is 0 Å². The molecular weight excluding hydrogens is 134 g/mol. The van der Waals surface area contributed by atoms with Crippen molar-refractivity contribution in [2.24, 2.45) is 0 Å². The molecule has 0 unspecified atom stereocenters. The zero-order chi connectivity index (χ0) is 6.69. The van der Waals surface area contributed by atoms with Gasteiger partial charge in [-0.15, -0.1) is 0 Å². The van der Waals surface area contributed by atoms with Crippen molar-refractivity contribution in [2.45, 2.75) is 18.9 Å². The number of rotatable bonds is 2. The molecule has 1 N–H and O–H groups in total. The number of hydrogen-bond donors (Lipinski definition) is 1. The molecule has 1 rings (SSSR count). The second-order valence-corrected chi connectivity index (χ2v) is 3.17. The molecular formula is C6H11NOS. The number of nitrogens with one attached hydrogen (secondary N) is 1. The molecule has 52 valence electrons. The molecule has 1 fully saturated rings. The topological polar surface area (TPSA) is 29.1 Å². The van der Waals surface area contributed by atoms with Crippen molar-refractivity contribution in [3.05, 3.63) is 0 Å². The fourth-order valence-electron chi connectivity index (χ4n) is 1.00. The lowest BCUT2D eigenvalue weighted by molar-refractivity contribution is -0.119. The average molecular weight is 145 g/mol. The van der Waals surface area contributed by atoms with E-state index in [1.54, 1.807) is 11.8 Å². The number of hydrogen-bond acceptors (Lipinski definition) is 2. The van der Waals surface area contributed by atoms with Gasteiger partial charge in [-0.3, -0.25) is 4.79 Å². The van der Waals surface area contributed by atoms with Crippen molar-refractivity contribution in [3.63, 3.8) is 0 Å². The summed E-state index contributed by atoms with van der Waals surface area (Å²) < 4.78 is 0. The van der Waals surface area contributed by atoms with Crippen molar-refractivity contribution in [1.82, 2.24) is 5.32 Å². The Bertz CT molecular complexity index is 116. The summed E-state index contributed by atoms with van der Waals surface area (Å²) in [5.41, 5.74) is 0. The van der Waals surface area contributed by atoms with Crippen LogP contribution >= 0.6 is 11.8 Å². The molecule has 2 nitrogen and oxygen atoms in total. The van der Waals surface area contributed by atoms with Crippen LogP contribution < -0.4 is 5.32 Å². The van der Waals surface area contributed by atoms with E-state index in [2.05, 4.69) is 11.6 Å². The van der Waals surface area contributed by atoms with E-state index in [0.717, 1.165) is 18.6 Å². The normalized spacial score (nSPS) is 26.3. The molecule has 0 bridgehead atoms. The SMILES string of the molecule is CSC[C@@H]1CCC(=O)N1. The van der Waals surface area contributed by atoms with Crippen LogP contribution in [-0.4, -0.2) is 24.0 Å². The highest BCUT2D eigenvalue weighted by Gasteiger charge is 2.19. The summed E-state index contributed by atoms with van der Waals surface area (Å²) in [5.74, 6) is 1.28. The second-order valence-electron chi connectivity index (χ2n) is 2.26. The van der Waals surface area contributed by atoms with E-state index in [-0.39, 0.29) is 5.91 Å². The smallest absolute Gasteiger partial charge is 0.220 e. The van der Waals surface area contributed by atoms with Crippen molar-refractivity contribution in [3.8, 4) is 0 Å². The van der Waals surface area contributed by atoms with Crippen LogP contribution in [-0.2, 0) is 4.79 Å². The Balaban J connectivity index is 2.22. The Labute approximate surface area is 59.4 Å². The first-order valence-electron chi connectivity index (χ1n) is 3.11. The predicted molar refractivity (Wildman–Crippen MR) is 39.5 cm³/mol. The maximum atomic E-state index is 10.6. The Morgan fingerprint density at radius 1 is 1.89 bits per heavy atom. The van der Waals surface area contributed by atoms with Gasteiger partial charge in [0.05, 0.1) is 0 Å². The standard InChI is InChI=1S/C6H11NOS/c1-9-4-5-2-3-6(8)7-5/h5H,2-4H2,1H3,(H,7,8)/t5-/m0/s1. The van der Waals surface area contributed by atoms with Crippen LogP contribution in [0.1, 0.15) is 12.8 Å². The summed E-state index contributed by atoms with van der Waals surface area (Å²) in [5, 5.41) is 2.90. The average Bonchev–Trinajstić information content (AvgIpc) is 2.17. The van der Waals surface area contributed by atoms with Crippen LogP contribution in [0.25, 0.3) is 0 Å². The van der Waals surface area contributed by atoms with Gasteiger partial charge < -0.3 is 5.32 Å². The van der Waals surface area contributed by atoms with Crippen LogP contribution in [0.15, 0.2) is 0 Å². The summed E-state index contributed by atoms with van der Waals surface area (Å²) in [6.07, 6.45) is 3.81. The van der Waals surface area contributed by atoms with E-state index >= 15 is 0 Å². The molecule has 0 aromatic rings. The summed E-state index contributed by atoms with van der Waals surface area (Å²) in [7, 11) is 0. The van der Waals surface area contributed by atoms with Crippen molar-refractivity contribution >= 4 is 17.7 Å². The molecule has 0 saturated carbocycles. The lowest BCUT2D eigenvalue weighted by atomic mass is 10.2. The molecule has 0 aromatic carbocycles. The minimum Gasteiger partial charge on any atom is -0.353 e. The maximum Gasteiger partial charge on any atom is 0.220 e.